The second-order valence-electron chi connectivity index (χ2n) is 4.95. The first kappa shape index (κ1) is 11.4. The quantitative estimate of drug-likeness (QED) is 0.809. The Kier molecular flexibility index (Phi) is 3.47. The van der Waals surface area contributed by atoms with Crippen LogP contribution in [0, 0.1) is 18.7 Å². The highest BCUT2D eigenvalue weighted by atomic mass is 19.1. The first-order chi connectivity index (χ1) is 7.67. The van der Waals surface area contributed by atoms with Crippen molar-refractivity contribution < 1.29 is 4.39 Å². The molecule has 1 aliphatic rings. The Morgan fingerprint density at radius 3 is 2.75 bits per heavy atom. The van der Waals surface area contributed by atoms with Gasteiger partial charge < -0.3 is 5.32 Å². The molecule has 0 aliphatic heterocycles. The van der Waals surface area contributed by atoms with Gasteiger partial charge in [0.1, 0.15) is 5.82 Å². The van der Waals surface area contributed by atoms with Crippen LogP contribution in [0.3, 0.4) is 0 Å². The third-order valence-corrected chi connectivity index (χ3v) is 3.53. The third-order valence-electron chi connectivity index (χ3n) is 3.53. The molecule has 2 atom stereocenters. The van der Waals surface area contributed by atoms with Crippen LogP contribution in [0.4, 0.5) is 10.1 Å². The standard InChI is InChI=1S/C14H20FN/c1-3-11-4-5-13(8-11)16-14-7-10(2)6-12(15)9-14/h6-7,9,11,13,16H,3-5,8H2,1-2H3. The van der Waals surface area contributed by atoms with E-state index in [0.29, 0.717) is 6.04 Å². The van der Waals surface area contributed by atoms with Crippen molar-refractivity contribution in [2.24, 2.45) is 5.92 Å². The van der Waals surface area contributed by atoms with Crippen molar-refractivity contribution in [2.45, 2.75) is 45.6 Å². The highest BCUT2D eigenvalue weighted by Crippen LogP contribution is 2.30. The molecule has 2 heteroatoms. The zero-order valence-electron chi connectivity index (χ0n) is 10.1. The molecule has 0 radical (unpaired) electrons. The summed E-state index contributed by atoms with van der Waals surface area (Å²) < 4.78 is 13.2. The van der Waals surface area contributed by atoms with Gasteiger partial charge in [-0.2, -0.15) is 0 Å². The van der Waals surface area contributed by atoms with E-state index in [9.17, 15) is 4.39 Å². The molecule has 0 heterocycles. The van der Waals surface area contributed by atoms with E-state index in [1.165, 1.54) is 25.7 Å². The molecule has 1 fully saturated rings. The summed E-state index contributed by atoms with van der Waals surface area (Å²) in [5.74, 6) is 0.708. The van der Waals surface area contributed by atoms with Crippen molar-refractivity contribution in [3.05, 3.63) is 29.6 Å². The number of hydrogen-bond donors (Lipinski definition) is 1. The predicted molar refractivity (Wildman–Crippen MR) is 66.2 cm³/mol. The second kappa shape index (κ2) is 4.86. The molecule has 0 bridgehead atoms. The van der Waals surface area contributed by atoms with Gasteiger partial charge in [0.25, 0.3) is 0 Å². The van der Waals surface area contributed by atoms with E-state index in [1.54, 1.807) is 12.1 Å². The van der Waals surface area contributed by atoms with E-state index in [-0.39, 0.29) is 5.82 Å². The summed E-state index contributed by atoms with van der Waals surface area (Å²) in [6.07, 6.45) is 5.02. The van der Waals surface area contributed by atoms with E-state index < -0.39 is 0 Å². The lowest BCUT2D eigenvalue weighted by Crippen LogP contribution is -2.15. The Balaban J connectivity index is 1.99. The predicted octanol–water partition coefficient (Wildman–Crippen LogP) is 4.12. The summed E-state index contributed by atoms with van der Waals surface area (Å²) in [7, 11) is 0. The van der Waals surface area contributed by atoms with Crippen molar-refractivity contribution in [3.63, 3.8) is 0 Å². The van der Waals surface area contributed by atoms with Crippen LogP contribution >= 0.6 is 0 Å². The lowest BCUT2D eigenvalue weighted by Gasteiger charge is -2.15. The zero-order valence-corrected chi connectivity index (χ0v) is 10.1. The van der Waals surface area contributed by atoms with Crippen LogP contribution in [-0.2, 0) is 0 Å². The minimum Gasteiger partial charge on any atom is -0.382 e. The molecule has 16 heavy (non-hydrogen) atoms. The van der Waals surface area contributed by atoms with Gasteiger partial charge in [0.05, 0.1) is 0 Å². The summed E-state index contributed by atoms with van der Waals surface area (Å²) in [4.78, 5) is 0. The summed E-state index contributed by atoms with van der Waals surface area (Å²) in [5.41, 5.74) is 1.91. The number of benzene rings is 1. The summed E-state index contributed by atoms with van der Waals surface area (Å²) in [5, 5.41) is 3.45. The topological polar surface area (TPSA) is 12.0 Å². The summed E-state index contributed by atoms with van der Waals surface area (Å²) in [6, 6.07) is 5.70. The Hall–Kier alpha value is -1.05. The monoisotopic (exact) mass is 221 g/mol. The summed E-state index contributed by atoms with van der Waals surface area (Å²) >= 11 is 0. The van der Waals surface area contributed by atoms with Crippen LogP contribution in [-0.4, -0.2) is 6.04 Å². The van der Waals surface area contributed by atoms with Crippen molar-refractivity contribution in [2.75, 3.05) is 5.32 Å². The molecule has 88 valence electrons. The number of nitrogens with one attached hydrogen (secondary N) is 1. The molecule has 0 amide bonds. The van der Waals surface area contributed by atoms with E-state index >= 15 is 0 Å². The van der Waals surface area contributed by atoms with Crippen molar-refractivity contribution >= 4 is 5.69 Å². The van der Waals surface area contributed by atoms with Gasteiger partial charge in [-0.05, 0) is 55.9 Å². The van der Waals surface area contributed by atoms with Crippen LogP contribution in [0.15, 0.2) is 18.2 Å². The van der Waals surface area contributed by atoms with E-state index in [1.807, 2.05) is 13.0 Å². The summed E-state index contributed by atoms with van der Waals surface area (Å²) in [6.45, 7) is 4.18. The molecule has 0 aromatic heterocycles. The molecular weight excluding hydrogens is 201 g/mol. The Morgan fingerprint density at radius 2 is 2.12 bits per heavy atom. The largest absolute Gasteiger partial charge is 0.382 e. The van der Waals surface area contributed by atoms with E-state index in [4.69, 9.17) is 0 Å². The maximum absolute atomic E-state index is 13.2. The van der Waals surface area contributed by atoms with E-state index in [2.05, 4.69) is 12.2 Å². The van der Waals surface area contributed by atoms with Crippen LogP contribution in [0.1, 0.15) is 38.2 Å². The fourth-order valence-corrected chi connectivity index (χ4v) is 2.63. The molecule has 1 aromatic carbocycles. The normalized spacial score (nSPS) is 24.7. The fourth-order valence-electron chi connectivity index (χ4n) is 2.63. The lowest BCUT2D eigenvalue weighted by molar-refractivity contribution is 0.525. The smallest absolute Gasteiger partial charge is 0.125 e. The van der Waals surface area contributed by atoms with Crippen LogP contribution in [0.2, 0.25) is 0 Å². The van der Waals surface area contributed by atoms with Gasteiger partial charge in [-0.25, -0.2) is 4.39 Å². The molecule has 1 N–H and O–H groups in total. The molecule has 1 aromatic rings. The average Bonchev–Trinajstić information content (AvgIpc) is 2.64. The molecular formula is C14H20FN. The SMILES string of the molecule is CCC1CCC(Nc2cc(C)cc(F)c2)C1. The maximum Gasteiger partial charge on any atom is 0.125 e. The third kappa shape index (κ3) is 2.75. The molecule has 1 aliphatic carbocycles. The van der Waals surface area contributed by atoms with Gasteiger partial charge in [-0.15, -0.1) is 0 Å². The van der Waals surface area contributed by atoms with Gasteiger partial charge in [0.15, 0.2) is 0 Å². The van der Waals surface area contributed by atoms with Crippen LogP contribution < -0.4 is 5.32 Å². The molecule has 1 saturated carbocycles. The molecule has 1 nitrogen and oxygen atoms in total. The number of halogens is 1. The molecule has 0 saturated heterocycles. The molecule has 2 unspecified atom stereocenters. The zero-order chi connectivity index (χ0) is 11.5. The Bertz CT molecular complexity index is 342. The van der Waals surface area contributed by atoms with Gasteiger partial charge in [0, 0.05) is 11.7 Å². The fraction of sp³-hybridized carbons (Fsp3) is 0.571. The Morgan fingerprint density at radius 1 is 1.31 bits per heavy atom. The van der Waals surface area contributed by atoms with Crippen LogP contribution in [0.5, 0.6) is 0 Å². The van der Waals surface area contributed by atoms with E-state index in [0.717, 1.165) is 17.2 Å². The average molecular weight is 221 g/mol. The van der Waals surface area contributed by atoms with Gasteiger partial charge >= 0.3 is 0 Å². The van der Waals surface area contributed by atoms with Gasteiger partial charge in [0.2, 0.25) is 0 Å². The van der Waals surface area contributed by atoms with Crippen molar-refractivity contribution in [1.29, 1.82) is 0 Å². The first-order valence-corrected chi connectivity index (χ1v) is 6.21. The number of aryl methyl sites for hydroxylation is 1. The van der Waals surface area contributed by atoms with Crippen molar-refractivity contribution in [3.8, 4) is 0 Å². The number of hydrogen-bond acceptors (Lipinski definition) is 1. The number of rotatable bonds is 3. The highest BCUT2D eigenvalue weighted by Gasteiger charge is 2.22. The van der Waals surface area contributed by atoms with Crippen molar-refractivity contribution in [1.82, 2.24) is 0 Å². The number of anilines is 1. The first-order valence-electron chi connectivity index (χ1n) is 6.21. The Labute approximate surface area is 97.1 Å². The molecule has 0 spiro atoms. The van der Waals surface area contributed by atoms with Gasteiger partial charge in [-0.3, -0.25) is 0 Å². The van der Waals surface area contributed by atoms with Crippen LogP contribution in [0.25, 0.3) is 0 Å². The minimum absolute atomic E-state index is 0.146. The maximum atomic E-state index is 13.2. The second-order valence-corrected chi connectivity index (χ2v) is 4.95. The lowest BCUT2D eigenvalue weighted by atomic mass is 10.1. The minimum atomic E-state index is -0.146. The molecule has 2 rings (SSSR count). The van der Waals surface area contributed by atoms with Gasteiger partial charge in [-0.1, -0.05) is 13.3 Å². The highest BCUT2D eigenvalue weighted by molar-refractivity contribution is 5.46.